The molecule has 0 radical (unpaired) electrons. The summed E-state index contributed by atoms with van der Waals surface area (Å²) in [4.78, 5) is 23.3. The zero-order valence-corrected chi connectivity index (χ0v) is 14.3. The summed E-state index contributed by atoms with van der Waals surface area (Å²) in [7, 11) is -3.72. The number of carboxylic acids is 1. The third-order valence-electron chi connectivity index (χ3n) is 3.02. The Morgan fingerprint density at radius 1 is 1.13 bits per heavy atom. The van der Waals surface area contributed by atoms with Gasteiger partial charge in [0.2, 0.25) is 10.0 Å². The molecule has 0 unspecified atom stereocenters. The summed E-state index contributed by atoms with van der Waals surface area (Å²) in [6, 6.07) is 4.14. The number of benzene rings is 1. The monoisotopic (exact) mass is 342 g/mol. The zero-order valence-electron chi connectivity index (χ0n) is 13.5. The van der Waals surface area contributed by atoms with Crippen LogP contribution in [0.1, 0.15) is 38.1 Å². The van der Waals surface area contributed by atoms with Crippen LogP contribution in [-0.4, -0.2) is 37.5 Å². The average molecular weight is 342 g/mol. The second-order valence-corrected chi connectivity index (χ2v) is 7.55. The Bertz CT molecular complexity index is 683. The molecule has 1 atom stereocenters. The van der Waals surface area contributed by atoms with Gasteiger partial charge in [0.25, 0.3) is 5.91 Å². The highest BCUT2D eigenvalue weighted by Gasteiger charge is 2.24. The Kier molecular flexibility index (Phi) is 6.28. The maximum atomic E-state index is 12.2. The molecule has 0 saturated carbocycles. The predicted octanol–water partition coefficient (Wildman–Crippen LogP) is 1.21. The van der Waals surface area contributed by atoms with Crippen LogP contribution in [0.15, 0.2) is 29.2 Å². The normalized spacial score (nSPS) is 13.1. The minimum absolute atomic E-state index is 0.0460. The number of hydrogen-bond donors (Lipinski definition) is 3. The number of rotatable bonds is 7. The van der Waals surface area contributed by atoms with Crippen molar-refractivity contribution in [2.24, 2.45) is 5.92 Å². The number of carbonyl (C=O) groups is 2. The van der Waals surface area contributed by atoms with Gasteiger partial charge in [0, 0.05) is 11.6 Å². The molecule has 3 N–H and O–H groups in total. The van der Waals surface area contributed by atoms with Crippen LogP contribution in [0.3, 0.4) is 0 Å². The molecule has 0 fully saturated rings. The van der Waals surface area contributed by atoms with E-state index in [9.17, 15) is 18.0 Å². The van der Waals surface area contributed by atoms with Gasteiger partial charge in [-0.25, -0.2) is 17.9 Å². The van der Waals surface area contributed by atoms with E-state index in [-0.39, 0.29) is 22.4 Å². The van der Waals surface area contributed by atoms with Crippen molar-refractivity contribution in [2.75, 3.05) is 0 Å². The molecular weight excluding hydrogens is 320 g/mol. The van der Waals surface area contributed by atoms with E-state index < -0.39 is 27.9 Å². The molecule has 1 amide bonds. The van der Waals surface area contributed by atoms with E-state index in [4.69, 9.17) is 5.11 Å². The second-order valence-electron chi connectivity index (χ2n) is 5.84. The molecule has 0 bridgehead atoms. The third-order valence-corrected chi connectivity index (χ3v) is 4.67. The number of sulfonamides is 1. The van der Waals surface area contributed by atoms with Crippen molar-refractivity contribution in [3.05, 3.63) is 29.8 Å². The molecule has 0 aliphatic carbocycles. The van der Waals surface area contributed by atoms with Gasteiger partial charge in [0.1, 0.15) is 6.04 Å². The van der Waals surface area contributed by atoms with Crippen molar-refractivity contribution in [3.8, 4) is 0 Å². The second kappa shape index (κ2) is 7.56. The first-order chi connectivity index (χ1) is 10.5. The van der Waals surface area contributed by atoms with Crippen molar-refractivity contribution in [2.45, 2.75) is 44.7 Å². The minimum atomic E-state index is -3.72. The molecule has 1 aromatic carbocycles. The smallest absolute Gasteiger partial charge is 0.326 e. The quantitative estimate of drug-likeness (QED) is 0.689. The maximum absolute atomic E-state index is 12.2. The Labute approximate surface area is 136 Å². The lowest BCUT2D eigenvalue weighted by Gasteiger charge is -2.18. The van der Waals surface area contributed by atoms with E-state index in [1.54, 1.807) is 27.7 Å². The standard InChI is InChI=1S/C15H22N2O5S/c1-9(2)13(15(19)20)16-14(18)11-6-5-7-12(8-11)23(21,22)17-10(3)4/h5-10,13,17H,1-4H3,(H,16,18)(H,19,20)/t13-/m0/s1. The lowest BCUT2D eigenvalue weighted by atomic mass is 10.0. The number of hydrogen-bond acceptors (Lipinski definition) is 4. The van der Waals surface area contributed by atoms with Gasteiger partial charge < -0.3 is 10.4 Å². The Morgan fingerprint density at radius 2 is 1.74 bits per heavy atom. The topological polar surface area (TPSA) is 113 Å². The van der Waals surface area contributed by atoms with Crippen LogP contribution in [0.4, 0.5) is 0 Å². The van der Waals surface area contributed by atoms with Gasteiger partial charge in [-0.1, -0.05) is 19.9 Å². The van der Waals surface area contributed by atoms with E-state index >= 15 is 0 Å². The fourth-order valence-electron chi connectivity index (χ4n) is 1.92. The third kappa shape index (κ3) is 5.33. The van der Waals surface area contributed by atoms with Crippen LogP contribution in [-0.2, 0) is 14.8 Å². The molecule has 128 valence electrons. The Balaban J connectivity index is 3.05. The van der Waals surface area contributed by atoms with Crippen LogP contribution < -0.4 is 10.0 Å². The van der Waals surface area contributed by atoms with Gasteiger partial charge in [0.05, 0.1) is 4.90 Å². The Hall–Kier alpha value is -1.93. The summed E-state index contributed by atoms with van der Waals surface area (Å²) < 4.78 is 26.7. The predicted molar refractivity (Wildman–Crippen MR) is 85.6 cm³/mol. The molecular formula is C15H22N2O5S. The first-order valence-electron chi connectivity index (χ1n) is 7.20. The lowest BCUT2D eigenvalue weighted by molar-refractivity contribution is -0.140. The molecule has 1 aromatic rings. The number of aliphatic carboxylic acids is 1. The van der Waals surface area contributed by atoms with E-state index in [2.05, 4.69) is 10.0 Å². The van der Waals surface area contributed by atoms with Gasteiger partial charge in [-0.2, -0.15) is 0 Å². The molecule has 0 saturated heterocycles. The summed E-state index contributed by atoms with van der Waals surface area (Å²) in [5, 5.41) is 11.5. The molecule has 8 heteroatoms. The fourth-order valence-corrected chi connectivity index (χ4v) is 3.22. The molecule has 0 spiro atoms. The summed E-state index contributed by atoms with van der Waals surface area (Å²) in [5.41, 5.74) is 0.0866. The molecule has 23 heavy (non-hydrogen) atoms. The number of nitrogens with one attached hydrogen (secondary N) is 2. The van der Waals surface area contributed by atoms with E-state index in [0.29, 0.717) is 0 Å². The van der Waals surface area contributed by atoms with Crippen molar-refractivity contribution in [1.29, 1.82) is 0 Å². The van der Waals surface area contributed by atoms with Crippen molar-refractivity contribution >= 4 is 21.9 Å². The molecule has 0 aromatic heterocycles. The molecule has 0 heterocycles. The number of carboxylic acid groups (broad SMARTS) is 1. The van der Waals surface area contributed by atoms with E-state index in [0.717, 1.165) is 0 Å². The summed E-state index contributed by atoms with van der Waals surface area (Å²) >= 11 is 0. The van der Waals surface area contributed by atoms with E-state index in [1.807, 2.05) is 0 Å². The average Bonchev–Trinajstić information content (AvgIpc) is 2.42. The Morgan fingerprint density at radius 3 is 2.22 bits per heavy atom. The molecule has 7 nitrogen and oxygen atoms in total. The lowest BCUT2D eigenvalue weighted by Crippen LogP contribution is -2.44. The highest BCUT2D eigenvalue weighted by Crippen LogP contribution is 2.13. The zero-order chi connectivity index (χ0) is 17.8. The van der Waals surface area contributed by atoms with Crippen molar-refractivity contribution in [3.63, 3.8) is 0 Å². The van der Waals surface area contributed by atoms with Crippen LogP contribution in [0, 0.1) is 5.92 Å². The van der Waals surface area contributed by atoms with E-state index in [1.165, 1.54) is 24.3 Å². The SMILES string of the molecule is CC(C)NS(=O)(=O)c1cccc(C(=O)N[C@H](C(=O)O)C(C)C)c1. The fraction of sp³-hybridized carbons (Fsp3) is 0.467. The molecule has 0 aliphatic heterocycles. The highest BCUT2D eigenvalue weighted by atomic mass is 32.2. The van der Waals surface area contributed by atoms with Gasteiger partial charge in [0.15, 0.2) is 0 Å². The van der Waals surface area contributed by atoms with Crippen LogP contribution in [0.2, 0.25) is 0 Å². The first-order valence-corrected chi connectivity index (χ1v) is 8.69. The van der Waals surface area contributed by atoms with Gasteiger partial charge in [-0.3, -0.25) is 4.79 Å². The van der Waals surface area contributed by atoms with Crippen LogP contribution in [0.5, 0.6) is 0 Å². The number of amides is 1. The highest BCUT2D eigenvalue weighted by molar-refractivity contribution is 7.89. The summed E-state index contributed by atoms with van der Waals surface area (Å²) in [6.07, 6.45) is 0. The summed E-state index contributed by atoms with van der Waals surface area (Å²) in [5.74, 6) is -2.07. The minimum Gasteiger partial charge on any atom is -0.480 e. The largest absolute Gasteiger partial charge is 0.480 e. The molecule has 1 rings (SSSR count). The van der Waals surface area contributed by atoms with Crippen molar-refractivity contribution in [1.82, 2.24) is 10.0 Å². The van der Waals surface area contributed by atoms with Crippen LogP contribution >= 0.6 is 0 Å². The van der Waals surface area contributed by atoms with Gasteiger partial charge in [-0.15, -0.1) is 0 Å². The first kappa shape index (κ1) is 19.1. The van der Waals surface area contributed by atoms with Gasteiger partial charge in [-0.05, 0) is 38.0 Å². The van der Waals surface area contributed by atoms with Gasteiger partial charge >= 0.3 is 5.97 Å². The van der Waals surface area contributed by atoms with Crippen molar-refractivity contribution < 1.29 is 23.1 Å². The molecule has 0 aliphatic rings. The maximum Gasteiger partial charge on any atom is 0.326 e. The summed E-state index contributed by atoms with van der Waals surface area (Å²) in [6.45, 7) is 6.72. The van der Waals surface area contributed by atoms with Crippen LogP contribution in [0.25, 0.3) is 0 Å². The number of carbonyl (C=O) groups excluding carboxylic acids is 1.